The average molecular weight is 288 g/mol. The number of hydrogen-bond donors (Lipinski definition) is 1. The quantitative estimate of drug-likeness (QED) is 0.811. The molecule has 2 rings (SSSR count). The Hall–Kier alpha value is -1.88. The Morgan fingerprint density at radius 2 is 2.00 bits per heavy atom. The van der Waals surface area contributed by atoms with Crippen molar-refractivity contribution >= 4 is 0 Å². The van der Waals surface area contributed by atoms with Crippen LogP contribution in [0.4, 0.5) is 0 Å². The molecule has 5 heteroatoms. The van der Waals surface area contributed by atoms with Crippen LogP contribution >= 0.6 is 0 Å². The predicted molar refractivity (Wildman–Crippen MR) is 83.4 cm³/mol. The number of rotatable bonds is 8. The maximum atomic E-state index is 5.52. The molecule has 1 unspecified atom stereocenters. The summed E-state index contributed by atoms with van der Waals surface area (Å²) in [6, 6.07) is 4.14. The van der Waals surface area contributed by atoms with Crippen LogP contribution < -0.4 is 10.1 Å². The maximum Gasteiger partial charge on any atom is 0.161 e. The lowest BCUT2D eigenvalue weighted by Gasteiger charge is -2.21. The van der Waals surface area contributed by atoms with Gasteiger partial charge < -0.3 is 10.1 Å². The summed E-state index contributed by atoms with van der Waals surface area (Å²) in [6.07, 6.45) is 7.55. The van der Waals surface area contributed by atoms with Crippen LogP contribution in [0.5, 0.6) is 5.75 Å². The van der Waals surface area contributed by atoms with E-state index in [2.05, 4.69) is 29.2 Å². The van der Waals surface area contributed by atoms with E-state index in [1.54, 1.807) is 13.3 Å². The van der Waals surface area contributed by atoms with E-state index in [4.69, 9.17) is 4.74 Å². The Morgan fingerprint density at radius 1 is 1.24 bits per heavy atom. The molecule has 1 N–H and O–H groups in total. The third-order valence-electron chi connectivity index (χ3n) is 3.41. The summed E-state index contributed by atoms with van der Waals surface area (Å²) in [4.78, 5) is 4.11. The van der Waals surface area contributed by atoms with Crippen LogP contribution in [0.25, 0.3) is 0 Å². The molecular weight excluding hydrogens is 264 g/mol. The third-order valence-corrected chi connectivity index (χ3v) is 3.41. The van der Waals surface area contributed by atoms with E-state index in [1.807, 2.05) is 29.2 Å². The van der Waals surface area contributed by atoms with Gasteiger partial charge in [0.2, 0.25) is 0 Å². The summed E-state index contributed by atoms with van der Waals surface area (Å²) in [7, 11) is 1.69. The first kappa shape index (κ1) is 15.5. The highest BCUT2D eigenvalue weighted by atomic mass is 16.5. The Balaban J connectivity index is 2.42. The fourth-order valence-corrected chi connectivity index (χ4v) is 2.43. The lowest BCUT2D eigenvalue weighted by atomic mass is 10.0. The molecule has 114 valence electrons. The van der Waals surface area contributed by atoms with Crippen molar-refractivity contribution in [2.24, 2.45) is 0 Å². The molecule has 0 bridgehead atoms. The summed E-state index contributed by atoms with van der Waals surface area (Å²) in [5, 5.41) is 8.06. The zero-order valence-electron chi connectivity index (χ0n) is 13.0. The van der Waals surface area contributed by atoms with Crippen LogP contribution in [-0.4, -0.2) is 28.4 Å². The van der Waals surface area contributed by atoms with E-state index in [0.717, 1.165) is 37.4 Å². The van der Waals surface area contributed by atoms with Gasteiger partial charge in [-0.15, -0.1) is 0 Å². The molecule has 1 atom stereocenters. The van der Waals surface area contributed by atoms with Crippen LogP contribution in [0.2, 0.25) is 0 Å². The van der Waals surface area contributed by atoms with Crippen LogP contribution in [-0.2, 0) is 6.54 Å². The molecule has 0 saturated heterocycles. The molecule has 21 heavy (non-hydrogen) atoms. The van der Waals surface area contributed by atoms with Crippen molar-refractivity contribution in [3.8, 4) is 5.75 Å². The number of nitrogens with zero attached hydrogens (tertiary/aromatic N) is 3. The number of aryl methyl sites for hydroxylation is 1. The minimum atomic E-state index is 0.0666. The van der Waals surface area contributed by atoms with E-state index < -0.39 is 0 Å². The summed E-state index contributed by atoms with van der Waals surface area (Å²) >= 11 is 0. The Kier molecular flexibility index (Phi) is 5.75. The van der Waals surface area contributed by atoms with Crippen molar-refractivity contribution < 1.29 is 4.74 Å². The van der Waals surface area contributed by atoms with Crippen molar-refractivity contribution in [1.29, 1.82) is 0 Å². The van der Waals surface area contributed by atoms with Crippen molar-refractivity contribution in [3.63, 3.8) is 0 Å². The molecular formula is C16H24N4O. The zero-order chi connectivity index (χ0) is 15.1. The van der Waals surface area contributed by atoms with Gasteiger partial charge in [0.05, 0.1) is 19.3 Å². The minimum Gasteiger partial charge on any atom is -0.493 e. The van der Waals surface area contributed by atoms with Gasteiger partial charge in [0.1, 0.15) is 5.69 Å². The topological polar surface area (TPSA) is 52.0 Å². The molecule has 2 aromatic rings. The van der Waals surface area contributed by atoms with Crippen molar-refractivity contribution in [2.75, 3.05) is 13.7 Å². The van der Waals surface area contributed by atoms with Gasteiger partial charge in [0, 0.05) is 18.9 Å². The Bertz CT molecular complexity index is 538. The maximum absolute atomic E-state index is 5.52. The summed E-state index contributed by atoms with van der Waals surface area (Å²) in [6.45, 7) is 6.14. The highest BCUT2D eigenvalue weighted by molar-refractivity contribution is 5.35. The molecule has 5 nitrogen and oxygen atoms in total. The highest BCUT2D eigenvalue weighted by Crippen LogP contribution is 2.30. The number of hydrogen-bond acceptors (Lipinski definition) is 4. The van der Waals surface area contributed by atoms with Crippen LogP contribution in [0.3, 0.4) is 0 Å². The third kappa shape index (κ3) is 3.61. The number of ether oxygens (including phenoxy) is 1. The number of pyridine rings is 1. The van der Waals surface area contributed by atoms with Gasteiger partial charge in [-0.25, -0.2) is 0 Å². The Labute approximate surface area is 126 Å². The second-order valence-electron chi connectivity index (χ2n) is 4.99. The monoisotopic (exact) mass is 288 g/mol. The van der Waals surface area contributed by atoms with Crippen LogP contribution in [0.1, 0.15) is 44.0 Å². The fraction of sp³-hybridized carbons (Fsp3) is 0.500. The molecule has 0 aromatic carbocycles. The first-order valence-electron chi connectivity index (χ1n) is 7.54. The smallest absolute Gasteiger partial charge is 0.161 e. The van der Waals surface area contributed by atoms with E-state index in [9.17, 15) is 0 Å². The molecule has 2 heterocycles. The van der Waals surface area contributed by atoms with E-state index in [0.29, 0.717) is 0 Å². The van der Waals surface area contributed by atoms with E-state index >= 15 is 0 Å². The second-order valence-corrected chi connectivity index (χ2v) is 4.99. The lowest BCUT2D eigenvalue weighted by Crippen LogP contribution is -2.26. The molecule has 0 aliphatic rings. The predicted octanol–water partition coefficient (Wildman–Crippen LogP) is 2.79. The normalized spacial score (nSPS) is 12.3. The first-order chi connectivity index (χ1) is 10.3. The highest BCUT2D eigenvalue weighted by Gasteiger charge is 2.22. The van der Waals surface area contributed by atoms with E-state index in [1.165, 1.54) is 5.56 Å². The van der Waals surface area contributed by atoms with Crippen molar-refractivity contribution in [2.45, 2.75) is 39.3 Å². The zero-order valence-corrected chi connectivity index (χ0v) is 13.0. The Morgan fingerprint density at radius 3 is 2.62 bits per heavy atom. The molecule has 2 aromatic heterocycles. The van der Waals surface area contributed by atoms with Gasteiger partial charge in [0.25, 0.3) is 0 Å². The van der Waals surface area contributed by atoms with Gasteiger partial charge >= 0.3 is 0 Å². The molecule has 0 radical (unpaired) electrons. The van der Waals surface area contributed by atoms with Gasteiger partial charge in [-0.05, 0) is 37.1 Å². The van der Waals surface area contributed by atoms with Gasteiger partial charge in [-0.3, -0.25) is 9.67 Å². The standard InChI is InChI=1S/C16H24N4O/c1-4-8-18-15(13-6-9-17-10-7-13)16-14(21-3)12-19-20(16)11-5-2/h6-7,9-10,12,15,18H,4-5,8,11H2,1-3H3. The second kappa shape index (κ2) is 7.78. The SMILES string of the molecule is CCCNC(c1ccncc1)c1c(OC)cnn1CCC. The largest absolute Gasteiger partial charge is 0.493 e. The molecule has 0 saturated carbocycles. The van der Waals surface area contributed by atoms with Crippen molar-refractivity contribution in [3.05, 3.63) is 42.0 Å². The first-order valence-corrected chi connectivity index (χ1v) is 7.54. The summed E-state index contributed by atoms with van der Waals surface area (Å²) < 4.78 is 7.55. The van der Waals surface area contributed by atoms with Gasteiger partial charge in [0.15, 0.2) is 5.75 Å². The molecule has 0 spiro atoms. The fourth-order valence-electron chi connectivity index (χ4n) is 2.43. The molecule has 0 fully saturated rings. The van der Waals surface area contributed by atoms with Gasteiger partial charge in [-0.1, -0.05) is 13.8 Å². The number of methoxy groups -OCH3 is 1. The molecule has 0 amide bonds. The number of aromatic nitrogens is 3. The average Bonchev–Trinajstić information content (AvgIpc) is 2.92. The van der Waals surface area contributed by atoms with Crippen LogP contribution in [0, 0.1) is 0 Å². The summed E-state index contributed by atoms with van der Waals surface area (Å²) in [5.74, 6) is 0.828. The minimum absolute atomic E-state index is 0.0666. The van der Waals surface area contributed by atoms with Crippen LogP contribution in [0.15, 0.2) is 30.7 Å². The van der Waals surface area contributed by atoms with E-state index in [-0.39, 0.29) is 6.04 Å². The number of nitrogens with one attached hydrogen (secondary N) is 1. The van der Waals surface area contributed by atoms with Gasteiger partial charge in [-0.2, -0.15) is 5.10 Å². The molecule has 0 aliphatic heterocycles. The molecule has 0 aliphatic carbocycles. The summed E-state index contributed by atoms with van der Waals surface area (Å²) in [5.41, 5.74) is 2.26. The van der Waals surface area contributed by atoms with Crippen molar-refractivity contribution in [1.82, 2.24) is 20.1 Å². The lowest BCUT2D eigenvalue weighted by molar-refractivity contribution is 0.397.